The fraction of sp³-hybridized carbons (Fsp3) is 0.480. The van der Waals surface area contributed by atoms with Gasteiger partial charge in [-0.3, -0.25) is 14.4 Å². The van der Waals surface area contributed by atoms with E-state index in [2.05, 4.69) is 10.6 Å². The zero-order valence-corrected chi connectivity index (χ0v) is 19.2. The van der Waals surface area contributed by atoms with Gasteiger partial charge in [0.25, 0.3) is 0 Å². The van der Waals surface area contributed by atoms with Crippen LogP contribution in [0.3, 0.4) is 0 Å². The van der Waals surface area contributed by atoms with E-state index in [9.17, 15) is 14.4 Å². The fourth-order valence-corrected chi connectivity index (χ4v) is 4.11. The number of hydrogen-bond acceptors (Lipinski definition) is 4. The quantitative estimate of drug-likeness (QED) is 0.615. The van der Waals surface area contributed by atoms with Crippen molar-refractivity contribution in [3.8, 4) is 0 Å². The number of rotatable bonds is 7. The highest BCUT2D eigenvalue weighted by molar-refractivity contribution is 5.93. The first kappa shape index (κ1) is 23.7. The van der Waals surface area contributed by atoms with Crippen molar-refractivity contribution in [1.29, 1.82) is 0 Å². The van der Waals surface area contributed by atoms with Crippen molar-refractivity contribution in [3.05, 3.63) is 48.0 Å². The van der Waals surface area contributed by atoms with Gasteiger partial charge in [-0.15, -0.1) is 0 Å². The van der Waals surface area contributed by atoms with Gasteiger partial charge in [0.15, 0.2) is 0 Å². The van der Waals surface area contributed by atoms with Gasteiger partial charge in [-0.05, 0) is 29.2 Å². The van der Waals surface area contributed by atoms with Crippen LogP contribution in [0.4, 0.5) is 0 Å². The normalized spacial score (nSPS) is 17.2. The zero-order valence-electron chi connectivity index (χ0n) is 19.2. The Balaban J connectivity index is 1.78. The maximum atomic E-state index is 13.2. The summed E-state index contributed by atoms with van der Waals surface area (Å²) in [7, 11) is 0. The van der Waals surface area contributed by atoms with Crippen molar-refractivity contribution in [2.75, 3.05) is 19.6 Å². The van der Waals surface area contributed by atoms with Gasteiger partial charge in [0.2, 0.25) is 17.7 Å². The van der Waals surface area contributed by atoms with Crippen molar-refractivity contribution >= 4 is 28.5 Å². The molecule has 3 rings (SSSR count). The maximum Gasteiger partial charge on any atom is 0.243 e. The number of likely N-dealkylation sites (tertiary alicyclic amines) is 1. The monoisotopic (exact) mass is 438 g/mol. The summed E-state index contributed by atoms with van der Waals surface area (Å²) >= 11 is 0. The first-order valence-electron chi connectivity index (χ1n) is 11.3. The van der Waals surface area contributed by atoms with E-state index >= 15 is 0 Å². The minimum absolute atomic E-state index is 0.0474. The Kier molecular flexibility index (Phi) is 7.51. The average Bonchev–Trinajstić information content (AvgIpc) is 3.25. The lowest BCUT2D eigenvalue weighted by atomic mass is 9.94. The molecule has 2 atom stereocenters. The number of nitrogens with two attached hydrogens (primary N) is 1. The van der Waals surface area contributed by atoms with E-state index in [-0.39, 0.29) is 17.7 Å². The average molecular weight is 439 g/mol. The van der Waals surface area contributed by atoms with Crippen molar-refractivity contribution in [2.45, 2.75) is 52.1 Å². The van der Waals surface area contributed by atoms with Gasteiger partial charge in [0.1, 0.15) is 12.1 Å². The lowest BCUT2D eigenvalue weighted by molar-refractivity contribution is -0.145. The first-order valence-corrected chi connectivity index (χ1v) is 11.3. The number of nitrogens with one attached hydrogen (secondary N) is 2. The molecule has 2 aromatic carbocycles. The number of fused-ring (bicyclic) bond motifs is 1. The fourth-order valence-electron chi connectivity index (χ4n) is 4.11. The number of hydrogen-bond donors (Lipinski definition) is 3. The molecule has 0 bridgehead atoms. The van der Waals surface area contributed by atoms with Crippen LogP contribution in [-0.2, 0) is 20.8 Å². The molecule has 0 aromatic heterocycles. The molecule has 172 valence electrons. The predicted octanol–water partition coefficient (Wildman–Crippen LogP) is 1.98. The number of carbonyl (C=O) groups is 3. The summed E-state index contributed by atoms with van der Waals surface area (Å²) in [4.78, 5) is 40.5. The Morgan fingerprint density at radius 2 is 1.84 bits per heavy atom. The molecule has 0 unspecified atom stereocenters. The van der Waals surface area contributed by atoms with Crippen molar-refractivity contribution in [3.63, 3.8) is 0 Å². The first-order chi connectivity index (χ1) is 15.2. The molecule has 32 heavy (non-hydrogen) atoms. The highest BCUT2D eigenvalue weighted by Gasteiger charge is 2.39. The van der Waals surface area contributed by atoms with Gasteiger partial charge < -0.3 is 21.3 Å². The van der Waals surface area contributed by atoms with Crippen LogP contribution in [0, 0.1) is 5.41 Å². The summed E-state index contributed by atoms with van der Waals surface area (Å²) in [6.45, 7) is 6.77. The van der Waals surface area contributed by atoms with Gasteiger partial charge in [0, 0.05) is 31.5 Å². The number of carbonyl (C=O) groups excluding carboxylic acids is 3. The standard InChI is InChI=1S/C25H34N4O3/c1-25(2,3)24(32)29-14-6-9-21(29)23(31)28-20(22(30)27-13-12-26)16-17-10-11-18-7-4-5-8-19(18)15-17/h4-5,7-8,10-11,15,20-21H,6,9,12-14,16,26H2,1-3H3,(H,27,30)(H,28,31)/t20-,21+/m1/s1. The molecule has 1 aliphatic rings. The molecular formula is C25H34N4O3. The summed E-state index contributed by atoms with van der Waals surface area (Å²) in [6, 6.07) is 12.7. The molecule has 7 heteroatoms. The lowest BCUT2D eigenvalue weighted by Gasteiger charge is -2.31. The minimum atomic E-state index is -0.748. The summed E-state index contributed by atoms with van der Waals surface area (Å²) in [5.41, 5.74) is 5.92. The number of nitrogens with zero attached hydrogens (tertiary/aromatic N) is 1. The second kappa shape index (κ2) is 10.1. The Bertz CT molecular complexity index is 983. The molecule has 0 radical (unpaired) electrons. The molecule has 7 nitrogen and oxygen atoms in total. The van der Waals surface area contributed by atoms with Gasteiger partial charge in [-0.25, -0.2) is 0 Å². The van der Waals surface area contributed by atoms with E-state index in [4.69, 9.17) is 5.73 Å². The van der Waals surface area contributed by atoms with E-state index in [1.807, 2.05) is 63.2 Å². The second-order valence-corrected chi connectivity index (χ2v) is 9.43. The van der Waals surface area contributed by atoms with E-state index in [0.717, 1.165) is 22.8 Å². The molecule has 0 spiro atoms. The van der Waals surface area contributed by atoms with Crippen LogP contribution < -0.4 is 16.4 Å². The van der Waals surface area contributed by atoms with E-state index < -0.39 is 17.5 Å². The Labute approximate surface area is 189 Å². The van der Waals surface area contributed by atoms with Crippen LogP contribution in [-0.4, -0.2) is 54.3 Å². The minimum Gasteiger partial charge on any atom is -0.353 e. The van der Waals surface area contributed by atoms with Crippen molar-refractivity contribution in [2.24, 2.45) is 11.1 Å². The molecule has 2 aromatic rings. The molecule has 3 amide bonds. The third-order valence-electron chi connectivity index (χ3n) is 5.79. The van der Waals surface area contributed by atoms with Crippen LogP contribution >= 0.6 is 0 Å². The third kappa shape index (κ3) is 5.65. The highest BCUT2D eigenvalue weighted by Crippen LogP contribution is 2.26. The summed E-state index contributed by atoms with van der Waals surface area (Å²) in [5, 5.41) is 7.90. The smallest absolute Gasteiger partial charge is 0.243 e. The number of benzene rings is 2. The molecule has 0 aliphatic carbocycles. The van der Waals surface area contributed by atoms with Gasteiger partial charge >= 0.3 is 0 Å². The van der Waals surface area contributed by atoms with Gasteiger partial charge in [0.05, 0.1) is 0 Å². The predicted molar refractivity (Wildman–Crippen MR) is 126 cm³/mol. The second-order valence-electron chi connectivity index (χ2n) is 9.43. The lowest BCUT2D eigenvalue weighted by Crippen LogP contribution is -2.55. The van der Waals surface area contributed by atoms with Gasteiger partial charge in [-0.1, -0.05) is 63.2 Å². The topological polar surface area (TPSA) is 105 Å². The summed E-state index contributed by atoms with van der Waals surface area (Å²) < 4.78 is 0. The Morgan fingerprint density at radius 3 is 2.53 bits per heavy atom. The van der Waals surface area contributed by atoms with Crippen LogP contribution in [0.15, 0.2) is 42.5 Å². The molecule has 4 N–H and O–H groups in total. The van der Waals surface area contributed by atoms with Crippen LogP contribution in [0.5, 0.6) is 0 Å². The molecule has 1 aliphatic heterocycles. The molecule has 1 fully saturated rings. The van der Waals surface area contributed by atoms with E-state index in [1.54, 1.807) is 4.90 Å². The van der Waals surface area contributed by atoms with Crippen LogP contribution in [0.2, 0.25) is 0 Å². The Hall–Kier alpha value is -2.93. The van der Waals surface area contributed by atoms with E-state index in [1.165, 1.54) is 0 Å². The maximum absolute atomic E-state index is 13.2. The molecular weight excluding hydrogens is 404 g/mol. The molecule has 0 saturated carbocycles. The van der Waals surface area contributed by atoms with E-state index in [0.29, 0.717) is 32.5 Å². The Morgan fingerprint density at radius 1 is 1.12 bits per heavy atom. The van der Waals surface area contributed by atoms with Gasteiger partial charge in [-0.2, -0.15) is 0 Å². The largest absolute Gasteiger partial charge is 0.353 e. The third-order valence-corrected chi connectivity index (χ3v) is 5.79. The number of amides is 3. The van der Waals surface area contributed by atoms with Crippen molar-refractivity contribution < 1.29 is 14.4 Å². The zero-order chi connectivity index (χ0) is 23.3. The molecule has 1 saturated heterocycles. The van der Waals surface area contributed by atoms with Crippen LogP contribution in [0.1, 0.15) is 39.2 Å². The van der Waals surface area contributed by atoms with Crippen molar-refractivity contribution in [1.82, 2.24) is 15.5 Å². The van der Waals surface area contributed by atoms with Crippen LogP contribution in [0.25, 0.3) is 10.8 Å². The molecule has 1 heterocycles. The summed E-state index contributed by atoms with van der Waals surface area (Å²) in [5.74, 6) is -0.605. The summed E-state index contributed by atoms with van der Waals surface area (Å²) in [6.07, 6.45) is 1.72. The SMILES string of the molecule is CC(C)(C)C(=O)N1CCC[C@H]1C(=O)N[C@H](Cc1ccc2ccccc2c1)C(=O)NCCN. The highest BCUT2D eigenvalue weighted by atomic mass is 16.2.